The molecule has 2 aromatic rings. The minimum absolute atomic E-state index is 0.0822. The molecule has 2 N–H and O–H groups in total. The molecule has 128 valence electrons. The highest BCUT2D eigenvalue weighted by Crippen LogP contribution is 2.22. The fourth-order valence-electron chi connectivity index (χ4n) is 3.04. The lowest BCUT2D eigenvalue weighted by Crippen LogP contribution is -2.26. The molecule has 7 heteroatoms. The number of fused-ring (bicyclic) bond motifs is 1. The molecule has 1 amide bonds. The Labute approximate surface area is 146 Å². The Balaban J connectivity index is 1.61. The molecule has 2 aromatic heterocycles. The third-order valence-electron chi connectivity index (χ3n) is 4.29. The highest BCUT2D eigenvalue weighted by molar-refractivity contribution is 7.17. The Kier molecular flexibility index (Phi) is 5.08. The third kappa shape index (κ3) is 3.56. The second kappa shape index (κ2) is 7.25. The van der Waals surface area contributed by atoms with E-state index >= 15 is 0 Å². The first-order valence-electron chi connectivity index (χ1n) is 8.37. The molecule has 0 bridgehead atoms. The predicted molar refractivity (Wildman–Crippen MR) is 95.8 cm³/mol. The average molecular weight is 345 g/mol. The zero-order valence-electron chi connectivity index (χ0n) is 14.4. The normalized spacial score (nSPS) is 13.5. The van der Waals surface area contributed by atoms with Crippen LogP contribution in [0.15, 0.2) is 0 Å². The number of nitrogens with zero attached hydrogens (tertiary/aromatic N) is 3. The number of hydrogen-bond donors (Lipinski definition) is 2. The van der Waals surface area contributed by atoms with E-state index in [1.165, 1.54) is 35.4 Å². The van der Waals surface area contributed by atoms with Crippen molar-refractivity contribution in [2.24, 2.45) is 0 Å². The first-order chi connectivity index (χ1) is 11.6. The van der Waals surface area contributed by atoms with Gasteiger partial charge in [0.25, 0.3) is 5.91 Å². The largest absolute Gasteiger partial charge is 0.365 e. The van der Waals surface area contributed by atoms with Crippen LogP contribution in [0.2, 0.25) is 0 Å². The first-order valence-corrected chi connectivity index (χ1v) is 9.18. The van der Waals surface area contributed by atoms with Crippen LogP contribution in [-0.4, -0.2) is 34.5 Å². The van der Waals surface area contributed by atoms with E-state index in [1.54, 1.807) is 7.05 Å². The average Bonchev–Trinajstić information content (AvgIpc) is 2.96. The summed E-state index contributed by atoms with van der Waals surface area (Å²) < 4.78 is 0. The summed E-state index contributed by atoms with van der Waals surface area (Å²) in [5.74, 6) is 0.742. The van der Waals surface area contributed by atoms with Crippen molar-refractivity contribution in [3.63, 3.8) is 0 Å². The maximum atomic E-state index is 12.3. The van der Waals surface area contributed by atoms with E-state index in [0.29, 0.717) is 17.8 Å². The Morgan fingerprint density at radius 3 is 2.67 bits per heavy atom. The number of rotatable bonds is 5. The SMILES string of the molecule is CNc1nc(C)c(C(=O)NCCc2nc(C)c3c(n2)CCCC3)s1. The standard InChI is InChI=1S/C17H23N5OS/c1-10-12-6-4-5-7-13(12)22-14(20-10)8-9-19-16(23)15-11(2)21-17(18-3)24-15/h4-9H2,1-3H3,(H,18,21)(H,19,23). The van der Waals surface area contributed by atoms with Crippen LogP contribution in [0.3, 0.4) is 0 Å². The molecule has 6 nitrogen and oxygen atoms in total. The maximum Gasteiger partial charge on any atom is 0.263 e. The van der Waals surface area contributed by atoms with Gasteiger partial charge in [-0.1, -0.05) is 11.3 Å². The highest BCUT2D eigenvalue weighted by atomic mass is 32.1. The Morgan fingerprint density at radius 1 is 1.12 bits per heavy atom. The molecule has 0 saturated carbocycles. The molecule has 1 aliphatic carbocycles. The number of nitrogens with one attached hydrogen (secondary N) is 2. The van der Waals surface area contributed by atoms with Gasteiger partial charge in [0.15, 0.2) is 5.13 Å². The molecule has 2 heterocycles. The minimum atomic E-state index is -0.0822. The monoisotopic (exact) mass is 345 g/mol. The molecule has 0 radical (unpaired) electrons. The van der Waals surface area contributed by atoms with Crippen molar-refractivity contribution in [2.75, 3.05) is 18.9 Å². The second-order valence-corrected chi connectivity index (χ2v) is 7.05. The number of carbonyl (C=O) groups is 1. The summed E-state index contributed by atoms with van der Waals surface area (Å²) in [7, 11) is 1.80. The lowest BCUT2D eigenvalue weighted by atomic mass is 9.95. The van der Waals surface area contributed by atoms with Gasteiger partial charge in [0.1, 0.15) is 10.7 Å². The Hall–Kier alpha value is -2.02. The zero-order valence-corrected chi connectivity index (χ0v) is 15.2. The van der Waals surface area contributed by atoms with E-state index < -0.39 is 0 Å². The Bertz CT molecular complexity index is 756. The maximum absolute atomic E-state index is 12.3. The van der Waals surface area contributed by atoms with E-state index in [1.807, 2.05) is 6.92 Å². The van der Waals surface area contributed by atoms with Crippen LogP contribution in [0.4, 0.5) is 5.13 Å². The van der Waals surface area contributed by atoms with Crippen molar-refractivity contribution < 1.29 is 4.79 Å². The van der Waals surface area contributed by atoms with Crippen LogP contribution in [0, 0.1) is 13.8 Å². The quantitative estimate of drug-likeness (QED) is 0.870. The van der Waals surface area contributed by atoms with Crippen LogP contribution in [0.25, 0.3) is 0 Å². The molecule has 0 unspecified atom stereocenters. The van der Waals surface area contributed by atoms with E-state index in [4.69, 9.17) is 4.98 Å². The fourth-order valence-corrected chi connectivity index (χ4v) is 3.87. The fraction of sp³-hybridized carbons (Fsp3) is 0.529. The summed E-state index contributed by atoms with van der Waals surface area (Å²) in [5.41, 5.74) is 4.38. The zero-order chi connectivity index (χ0) is 17.1. The molecular weight excluding hydrogens is 322 g/mol. The van der Waals surface area contributed by atoms with Crippen molar-refractivity contribution >= 4 is 22.4 Å². The van der Waals surface area contributed by atoms with Crippen molar-refractivity contribution in [1.29, 1.82) is 0 Å². The molecule has 3 rings (SSSR count). The van der Waals surface area contributed by atoms with E-state index in [-0.39, 0.29) is 5.91 Å². The topological polar surface area (TPSA) is 79.8 Å². The minimum Gasteiger partial charge on any atom is -0.365 e. The molecular formula is C17H23N5OS. The number of carbonyl (C=O) groups excluding carboxylic acids is 1. The Morgan fingerprint density at radius 2 is 1.92 bits per heavy atom. The van der Waals surface area contributed by atoms with Crippen molar-refractivity contribution in [1.82, 2.24) is 20.3 Å². The second-order valence-electron chi connectivity index (χ2n) is 6.05. The molecule has 0 atom stereocenters. The van der Waals surface area contributed by atoms with Crippen molar-refractivity contribution in [3.8, 4) is 0 Å². The summed E-state index contributed by atoms with van der Waals surface area (Å²) in [5, 5.41) is 6.67. The summed E-state index contributed by atoms with van der Waals surface area (Å²) >= 11 is 1.37. The number of thiazole rings is 1. The van der Waals surface area contributed by atoms with Gasteiger partial charge in [0.05, 0.1) is 5.69 Å². The van der Waals surface area contributed by atoms with Crippen LogP contribution in [-0.2, 0) is 19.3 Å². The van der Waals surface area contributed by atoms with Crippen LogP contribution < -0.4 is 10.6 Å². The third-order valence-corrected chi connectivity index (χ3v) is 5.46. The number of hydrogen-bond acceptors (Lipinski definition) is 6. The van der Waals surface area contributed by atoms with Gasteiger partial charge < -0.3 is 10.6 Å². The van der Waals surface area contributed by atoms with Crippen LogP contribution in [0.1, 0.15) is 51.0 Å². The molecule has 24 heavy (non-hydrogen) atoms. The van der Waals surface area contributed by atoms with Gasteiger partial charge >= 0.3 is 0 Å². The molecule has 0 fully saturated rings. The van der Waals surface area contributed by atoms with Gasteiger partial charge in [-0.25, -0.2) is 15.0 Å². The van der Waals surface area contributed by atoms with E-state index in [9.17, 15) is 4.79 Å². The summed E-state index contributed by atoms with van der Waals surface area (Å²) in [6, 6.07) is 0. The number of aryl methyl sites for hydroxylation is 3. The summed E-state index contributed by atoms with van der Waals surface area (Å²) in [4.78, 5) is 26.5. The van der Waals surface area contributed by atoms with Gasteiger partial charge in [-0.15, -0.1) is 0 Å². The van der Waals surface area contributed by atoms with Gasteiger partial charge in [-0.3, -0.25) is 4.79 Å². The number of amides is 1. The van der Waals surface area contributed by atoms with Gasteiger partial charge in [0.2, 0.25) is 0 Å². The molecule has 0 spiro atoms. The predicted octanol–water partition coefficient (Wildman–Crippen LogP) is 2.44. The lowest BCUT2D eigenvalue weighted by Gasteiger charge is -2.17. The van der Waals surface area contributed by atoms with Crippen LogP contribution >= 0.6 is 11.3 Å². The van der Waals surface area contributed by atoms with E-state index in [2.05, 4.69) is 27.5 Å². The van der Waals surface area contributed by atoms with E-state index in [0.717, 1.165) is 35.2 Å². The molecule has 0 saturated heterocycles. The smallest absolute Gasteiger partial charge is 0.263 e. The van der Waals surface area contributed by atoms with Crippen molar-refractivity contribution in [2.45, 2.75) is 46.0 Å². The number of aromatic nitrogens is 3. The lowest BCUT2D eigenvalue weighted by molar-refractivity contribution is 0.0957. The molecule has 0 aromatic carbocycles. The highest BCUT2D eigenvalue weighted by Gasteiger charge is 2.17. The van der Waals surface area contributed by atoms with Crippen molar-refractivity contribution in [3.05, 3.63) is 33.3 Å². The summed E-state index contributed by atoms with van der Waals surface area (Å²) in [6.45, 7) is 4.44. The molecule has 0 aliphatic heterocycles. The number of anilines is 1. The van der Waals surface area contributed by atoms with Gasteiger partial charge in [0, 0.05) is 31.4 Å². The molecule has 1 aliphatic rings. The van der Waals surface area contributed by atoms with Gasteiger partial charge in [-0.05, 0) is 45.1 Å². The summed E-state index contributed by atoms with van der Waals surface area (Å²) in [6.07, 6.45) is 5.23. The van der Waals surface area contributed by atoms with Crippen LogP contribution in [0.5, 0.6) is 0 Å². The van der Waals surface area contributed by atoms with Gasteiger partial charge in [-0.2, -0.15) is 0 Å². The first kappa shape index (κ1) is 16.8.